The third kappa shape index (κ3) is 1.88. The second-order valence-corrected chi connectivity index (χ2v) is 3.86. The Morgan fingerprint density at radius 3 is 3.12 bits per heavy atom. The van der Waals surface area contributed by atoms with Crippen molar-refractivity contribution in [2.24, 2.45) is 0 Å². The molecule has 2 heterocycles. The first kappa shape index (κ1) is 9.66. The quantitative estimate of drug-likeness (QED) is 0.739. The Kier molecular flexibility index (Phi) is 2.29. The van der Waals surface area contributed by atoms with Crippen LogP contribution in [0, 0.1) is 0 Å². The van der Waals surface area contributed by atoms with Gasteiger partial charge in [-0.2, -0.15) is 0 Å². The van der Waals surface area contributed by atoms with Crippen molar-refractivity contribution in [1.29, 1.82) is 0 Å². The maximum absolute atomic E-state index is 5.57. The molecule has 0 amide bonds. The third-order valence-corrected chi connectivity index (χ3v) is 2.54. The van der Waals surface area contributed by atoms with Crippen LogP contribution >= 0.6 is 0 Å². The van der Waals surface area contributed by atoms with E-state index in [1.54, 1.807) is 0 Å². The van der Waals surface area contributed by atoms with Gasteiger partial charge in [0.05, 0.1) is 6.61 Å². The van der Waals surface area contributed by atoms with Gasteiger partial charge in [-0.25, -0.2) is 4.98 Å². The summed E-state index contributed by atoms with van der Waals surface area (Å²) < 4.78 is 16.2. The largest absolute Gasteiger partial charge is 0.491 e. The number of ether oxygens (including phenoxy) is 2. The zero-order valence-electron chi connectivity index (χ0n) is 9.10. The van der Waals surface area contributed by atoms with Crippen molar-refractivity contribution in [2.45, 2.75) is 19.4 Å². The first-order valence-corrected chi connectivity index (χ1v) is 5.49. The summed E-state index contributed by atoms with van der Waals surface area (Å²) in [6.07, 6.45) is 1.08. The summed E-state index contributed by atoms with van der Waals surface area (Å²) in [5, 5.41) is 0. The molecule has 1 aromatic heterocycles. The molecule has 0 N–H and O–H groups in total. The number of nitrogens with zero attached hydrogens (tertiary/aromatic N) is 1. The Labute approximate surface area is 93.2 Å². The van der Waals surface area contributed by atoms with Crippen LogP contribution in [-0.4, -0.2) is 24.3 Å². The van der Waals surface area contributed by atoms with Crippen molar-refractivity contribution in [3.63, 3.8) is 0 Å². The molecule has 0 bridgehead atoms. The lowest BCUT2D eigenvalue weighted by Crippen LogP contribution is -2.03. The van der Waals surface area contributed by atoms with Gasteiger partial charge in [0.1, 0.15) is 24.0 Å². The van der Waals surface area contributed by atoms with Crippen molar-refractivity contribution in [3.05, 3.63) is 24.1 Å². The van der Waals surface area contributed by atoms with Gasteiger partial charge >= 0.3 is 0 Å². The predicted molar refractivity (Wildman–Crippen MR) is 58.6 cm³/mol. The van der Waals surface area contributed by atoms with Gasteiger partial charge in [0.15, 0.2) is 11.5 Å². The second-order valence-electron chi connectivity index (χ2n) is 3.86. The lowest BCUT2D eigenvalue weighted by Gasteiger charge is -2.02. The molecule has 2 aromatic rings. The van der Waals surface area contributed by atoms with Gasteiger partial charge in [-0.3, -0.25) is 0 Å². The van der Waals surface area contributed by atoms with E-state index in [1.807, 2.05) is 25.1 Å². The summed E-state index contributed by atoms with van der Waals surface area (Å²) in [5.41, 5.74) is 1.66. The number of aryl methyl sites for hydroxylation is 1. The summed E-state index contributed by atoms with van der Waals surface area (Å²) >= 11 is 0. The molecular formula is C12H13NO3. The van der Waals surface area contributed by atoms with E-state index in [0.29, 0.717) is 6.61 Å². The zero-order chi connectivity index (χ0) is 11.0. The van der Waals surface area contributed by atoms with Gasteiger partial charge in [0.2, 0.25) is 0 Å². The van der Waals surface area contributed by atoms with E-state index in [0.717, 1.165) is 35.8 Å². The second kappa shape index (κ2) is 3.79. The number of aromatic nitrogens is 1. The summed E-state index contributed by atoms with van der Waals surface area (Å²) in [5.74, 6) is 1.58. The summed E-state index contributed by atoms with van der Waals surface area (Å²) in [7, 11) is 0. The average molecular weight is 219 g/mol. The number of epoxide rings is 1. The highest BCUT2D eigenvalue weighted by atomic mass is 16.6. The molecule has 1 fully saturated rings. The first-order chi connectivity index (χ1) is 7.85. The lowest BCUT2D eigenvalue weighted by molar-refractivity contribution is 0.263. The molecule has 1 saturated heterocycles. The predicted octanol–water partition coefficient (Wildman–Crippen LogP) is 2.17. The van der Waals surface area contributed by atoms with E-state index in [2.05, 4.69) is 4.98 Å². The first-order valence-electron chi connectivity index (χ1n) is 5.49. The lowest BCUT2D eigenvalue weighted by atomic mass is 10.3. The van der Waals surface area contributed by atoms with Gasteiger partial charge in [-0.1, -0.05) is 6.92 Å². The van der Waals surface area contributed by atoms with Gasteiger partial charge in [0, 0.05) is 12.5 Å². The molecule has 1 atom stereocenters. The minimum atomic E-state index is 0.277. The molecule has 0 aliphatic carbocycles. The van der Waals surface area contributed by atoms with E-state index >= 15 is 0 Å². The number of rotatable bonds is 4. The Morgan fingerprint density at radius 2 is 2.38 bits per heavy atom. The van der Waals surface area contributed by atoms with E-state index in [-0.39, 0.29) is 6.10 Å². The molecule has 1 aromatic carbocycles. The van der Waals surface area contributed by atoms with Crippen molar-refractivity contribution in [3.8, 4) is 5.75 Å². The molecule has 3 rings (SSSR count). The number of hydrogen-bond acceptors (Lipinski definition) is 4. The van der Waals surface area contributed by atoms with Crippen LogP contribution in [0.2, 0.25) is 0 Å². The highest BCUT2D eigenvalue weighted by molar-refractivity contribution is 5.74. The molecule has 16 heavy (non-hydrogen) atoms. The fourth-order valence-corrected chi connectivity index (χ4v) is 1.55. The summed E-state index contributed by atoms with van der Waals surface area (Å²) in [6, 6.07) is 5.69. The Hall–Kier alpha value is -1.55. The van der Waals surface area contributed by atoms with Crippen LogP contribution in [0.4, 0.5) is 0 Å². The topological polar surface area (TPSA) is 47.8 Å². The molecular weight excluding hydrogens is 206 g/mol. The molecule has 1 aliphatic heterocycles. The monoisotopic (exact) mass is 219 g/mol. The van der Waals surface area contributed by atoms with Crippen LogP contribution in [0.5, 0.6) is 5.75 Å². The van der Waals surface area contributed by atoms with Gasteiger partial charge in [-0.05, 0) is 12.1 Å². The fourth-order valence-electron chi connectivity index (χ4n) is 1.55. The number of fused-ring (bicyclic) bond motifs is 1. The maximum atomic E-state index is 5.57. The molecule has 0 radical (unpaired) electrons. The SMILES string of the molecule is CCc1nc2cc(OC[C@@H]3CO3)ccc2o1. The van der Waals surface area contributed by atoms with Crippen molar-refractivity contribution >= 4 is 11.1 Å². The highest BCUT2D eigenvalue weighted by Crippen LogP contribution is 2.22. The molecule has 0 saturated carbocycles. The highest BCUT2D eigenvalue weighted by Gasteiger charge is 2.23. The zero-order valence-corrected chi connectivity index (χ0v) is 9.10. The average Bonchev–Trinajstić information content (AvgIpc) is 3.04. The minimum absolute atomic E-state index is 0.277. The molecule has 0 unspecified atom stereocenters. The van der Waals surface area contributed by atoms with Crippen LogP contribution in [0.3, 0.4) is 0 Å². The van der Waals surface area contributed by atoms with Crippen LogP contribution in [-0.2, 0) is 11.2 Å². The molecule has 4 heteroatoms. The van der Waals surface area contributed by atoms with Gasteiger partial charge in [0.25, 0.3) is 0 Å². The van der Waals surface area contributed by atoms with Crippen LogP contribution in [0.25, 0.3) is 11.1 Å². The minimum Gasteiger partial charge on any atom is -0.491 e. The van der Waals surface area contributed by atoms with Crippen LogP contribution in [0.1, 0.15) is 12.8 Å². The van der Waals surface area contributed by atoms with Gasteiger partial charge in [-0.15, -0.1) is 0 Å². The smallest absolute Gasteiger partial charge is 0.195 e. The Bertz CT molecular complexity index is 502. The normalized spacial score (nSPS) is 18.9. The van der Waals surface area contributed by atoms with Crippen LogP contribution < -0.4 is 4.74 Å². The standard InChI is InChI=1S/C12H13NO3/c1-2-12-13-10-5-8(3-4-11(10)16-12)14-6-9-7-15-9/h3-5,9H,2,6-7H2,1H3/t9-/m1/s1. The molecule has 84 valence electrons. The van der Waals surface area contributed by atoms with E-state index in [1.165, 1.54) is 0 Å². The summed E-state index contributed by atoms with van der Waals surface area (Å²) in [6.45, 7) is 3.45. The van der Waals surface area contributed by atoms with Crippen LogP contribution in [0.15, 0.2) is 22.6 Å². The molecule has 4 nitrogen and oxygen atoms in total. The van der Waals surface area contributed by atoms with Gasteiger partial charge < -0.3 is 13.9 Å². The Balaban J connectivity index is 1.82. The third-order valence-electron chi connectivity index (χ3n) is 2.54. The fraction of sp³-hybridized carbons (Fsp3) is 0.417. The molecule has 0 spiro atoms. The van der Waals surface area contributed by atoms with E-state index in [4.69, 9.17) is 13.9 Å². The van der Waals surface area contributed by atoms with E-state index in [9.17, 15) is 0 Å². The number of benzene rings is 1. The van der Waals surface area contributed by atoms with Crippen molar-refractivity contribution < 1.29 is 13.9 Å². The summed E-state index contributed by atoms with van der Waals surface area (Å²) in [4.78, 5) is 4.36. The van der Waals surface area contributed by atoms with Crippen molar-refractivity contribution in [2.75, 3.05) is 13.2 Å². The van der Waals surface area contributed by atoms with E-state index < -0.39 is 0 Å². The van der Waals surface area contributed by atoms with Crippen molar-refractivity contribution in [1.82, 2.24) is 4.98 Å². The Morgan fingerprint density at radius 1 is 1.50 bits per heavy atom. The molecule has 1 aliphatic rings. The number of hydrogen-bond donors (Lipinski definition) is 0. The maximum Gasteiger partial charge on any atom is 0.195 e. The number of oxazole rings is 1.